The van der Waals surface area contributed by atoms with E-state index in [9.17, 15) is 0 Å². The Labute approximate surface area is 92.4 Å². The number of hydrogen-bond donors (Lipinski definition) is 0. The van der Waals surface area contributed by atoms with Crippen LogP contribution < -0.4 is 0 Å². The Morgan fingerprint density at radius 2 is 2.07 bits per heavy atom. The summed E-state index contributed by atoms with van der Waals surface area (Å²) in [5.74, 6) is 0.619. The predicted molar refractivity (Wildman–Crippen MR) is 64.3 cm³/mol. The lowest BCUT2D eigenvalue weighted by Crippen LogP contribution is -1.77. The lowest BCUT2D eigenvalue weighted by atomic mass is 10.2. The molecule has 2 rings (SSSR count). The van der Waals surface area contributed by atoms with Gasteiger partial charge in [0.15, 0.2) is 0 Å². The molecule has 0 bridgehead atoms. The minimum absolute atomic E-state index is 0.619. The highest BCUT2D eigenvalue weighted by Gasteiger charge is 2.07. The van der Waals surface area contributed by atoms with E-state index in [2.05, 4.69) is 36.3 Å². The van der Waals surface area contributed by atoms with E-state index in [0.29, 0.717) is 5.92 Å². The highest BCUT2D eigenvalue weighted by atomic mass is 32.1. The smallest absolute Gasteiger partial charge is 0.0914 e. The summed E-state index contributed by atoms with van der Waals surface area (Å²) in [6.45, 7) is 6.49. The van der Waals surface area contributed by atoms with Crippen LogP contribution in [-0.4, -0.2) is 4.98 Å². The average Bonchev–Trinajstić information content (AvgIpc) is 2.70. The van der Waals surface area contributed by atoms with Crippen LogP contribution in [-0.2, 0) is 0 Å². The molecule has 3 heteroatoms. The molecule has 0 aliphatic heterocycles. The van der Waals surface area contributed by atoms with Crippen LogP contribution in [0.1, 0.15) is 29.7 Å². The number of aromatic nitrogens is 1. The van der Waals surface area contributed by atoms with E-state index in [1.807, 2.05) is 18.3 Å². The standard InChI is InChI=1S/C11H13NS2/c1-7(2)10-4-5-11(14-10)9-6-13-8(3)12-9/h4-7H,1-3H3. The summed E-state index contributed by atoms with van der Waals surface area (Å²) in [5.41, 5.74) is 1.13. The third-order valence-electron chi connectivity index (χ3n) is 2.07. The molecule has 0 saturated heterocycles. The summed E-state index contributed by atoms with van der Waals surface area (Å²) >= 11 is 3.56. The van der Waals surface area contributed by atoms with Crippen molar-refractivity contribution in [2.45, 2.75) is 26.7 Å². The van der Waals surface area contributed by atoms with Crippen LogP contribution >= 0.6 is 22.7 Å². The Kier molecular flexibility index (Phi) is 2.70. The summed E-state index contributed by atoms with van der Waals surface area (Å²) in [6, 6.07) is 4.38. The van der Waals surface area contributed by atoms with E-state index in [4.69, 9.17) is 0 Å². The van der Waals surface area contributed by atoms with E-state index in [1.54, 1.807) is 11.3 Å². The lowest BCUT2D eigenvalue weighted by molar-refractivity contribution is 0.890. The van der Waals surface area contributed by atoms with Crippen molar-refractivity contribution in [3.05, 3.63) is 27.4 Å². The zero-order valence-electron chi connectivity index (χ0n) is 8.57. The molecule has 1 nitrogen and oxygen atoms in total. The molecule has 2 aromatic heterocycles. The Hall–Kier alpha value is -0.670. The highest BCUT2D eigenvalue weighted by molar-refractivity contribution is 7.16. The van der Waals surface area contributed by atoms with Gasteiger partial charge in [0.2, 0.25) is 0 Å². The van der Waals surface area contributed by atoms with E-state index < -0.39 is 0 Å². The first-order valence-electron chi connectivity index (χ1n) is 4.69. The number of rotatable bonds is 2. The summed E-state index contributed by atoms with van der Waals surface area (Å²) in [6.07, 6.45) is 0. The third-order valence-corrected chi connectivity index (χ3v) is 4.25. The molecule has 0 radical (unpaired) electrons. The first-order valence-corrected chi connectivity index (χ1v) is 6.38. The van der Waals surface area contributed by atoms with Crippen LogP contribution in [0.25, 0.3) is 10.6 Å². The second kappa shape index (κ2) is 3.83. The Morgan fingerprint density at radius 1 is 1.29 bits per heavy atom. The van der Waals surface area contributed by atoms with Gasteiger partial charge < -0.3 is 0 Å². The normalized spacial score (nSPS) is 11.1. The molecule has 0 amide bonds. The first-order chi connectivity index (χ1) is 6.66. The van der Waals surface area contributed by atoms with Crippen molar-refractivity contribution < 1.29 is 0 Å². The molecule has 0 atom stereocenters. The molecule has 0 saturated carbocycles. The van der Waals surface area contributed by atoms with Crippen LogP contribution in [0.4, 0.5) is 0 Å². The van der Waals surface area contributed by atoms with Gasteiger partial charge in [-0.05, 0) is 25.0 Å². The van der Waals surface area contributed by atoms with Crippen LogP contribution in [0, 0.1) is 6.92 Å². The molecule has 0 aliphatic rings. The number of thiazole rings is 1. The van der Waals surface area contributed by atoms with Gasteiger partial charge in [-0.2, -0.15) is 0 Å². The molecule has 0 N–H and O–H groups in total. The lowest BCUT2D eigenvalue weighted by Gasteiger charge is -1.97. The molecule has 0 aromatic carbocycles. The average molecular weight is 223 g/mol. The predicted octanol–water partition coefficient (Wildman–Crippen LogP) is 4.30. The summed E-state index contributed by atoms with van der Waals surface area (Å²) in [5, 5.41) is 3.27. The minimum atomic E-state index is 0.619. The van der Waals surface area contributed by atoms with Crippen LogP contribution in [0.15, 0.2) is 17.5 Å². The number of nitrogens with zero attached hydrogens (tertiary/aromatic N) is 1. The Morgan fingerprint density at radius 3 is 2.57 bits per heavy atom. The summed E-state index contributed by atoms with van der Waals surface area (Å²) < 4.78 is 0. The molecule has 74 valence electrons. The zero-order chi connectivity index (χ0) is 10.1. The maximum atomic E-state index is 4.48. The van der Waals surface area contributed by atoms with E-state index in [1.165, 1.54) is 9.75 Å². The van der Waals surface area contributed by atoms with Gasteiger partial charge >= 0.3 is 0 Å². The van der Waals surface area contributed by atoms with Gasteiger partial charge in [0.1, 0.15) is 0 Å². The molecule has 0 aliphatic carbocycles. The topological polar surface area (TPSA) is 12.9 Å². The second-order valence-electron chi connectivity index (χ2n) is 3.61. The fraction of sp³-hybridized carbons (Fsp3) is 0.364. The van der Waals surface area contributed by atoms with Crippen molar-refractivity contribution in [2.75, 3.05) is 0 Å². The van der Waals surface area contributed by atoms with Crippen molar-refractivity contribution in [1.82, 2.24) is 4.98 Å². The fourth-order valence-electron chi connectivity index (χ4n) is 1.28. The molecular weight excluding hydrogens is 210 g/mol. The molecule has 2 aromatic rings. The number of aryl methyl sites for hydroxylation is 1. The van der Waals surface area contributed by atoms with Gasteiger partial charge in [0.05, 0.1) is 15.6 Å². The number of thiophene rings is 1. The second-order valence-corrected chi connectivity index (χ2v) is 5.79. The van der Waals surface area contributed by atoms with Crippen molar-refractivity contribution in [3.8, 4) is 10.6 Å². The van der Waals surface area contributed by atoms with Crippen molar-refractivity contribution >= 4 is 22.7 Å². The van der Waals surface area contributed by atoms with E-state index in [0.717, 1.165) is 10.7 Å². The minimum Gasteiger partial charge on any atom is -0.241 e. The quantitative estimate of drug-likeness (QED) is 0.739. The fourth-order valence-corrected chi connectivity index (χ4v) is 2.94. The zero-order valence-corrected chi connectivity index (χ0v) is 10.2. The van der Waals surface area contributed by atoms with E-state index in [-0.39, 0.29) is 0 Å². The molecule has 0 spiro atoms. The van der Waals surface area contributed by atoms with Gasteiger partial charge in [-0.3, -0.25) is 0 Å². The molecule has 2 heterocycles. The van der Waals surface area contributed by atoms with Gasteiger partial charge in [-0.15, -0.1) is 22.7 Å². The summed E-state index contributed by atoms with van der Waals surface area (Å²) in [4.78, 5) is 7.21. The molecule has 0 fully saturated rings. The van der Waals surface area contributed by atoms with Crippen LogP contribution in [0.5, 0.6) is 0 Å². The third kappa shape index (κ3) is 1.88. The van der Waals surface area contributed by atoms with Crippen LogP contribution in [0.3, 0.4) is 0 Å². The maximum absolute atomic E-state index is 4.48. The van der Waals surface area contributed by atoms with Gasteiger partial charge in [-0.25, -0.2) is 4.98 Å². The maximum Gasteiger partial charge on any atom is 0.0914 e. The Bertz CT molecular complexity index is 426. The SMILES string of the molecule is Cc1nc(-c2ccc(C(C)C)s2)cs1. The molecule has 0 unspecified atom stereocenters. The molecular formula is C11H13NS2. The highest BCUT2D eigenvalue weighted by Crippen LogP contribution is 2.32. The first kappa shape index (κ1) is 9.87. The van der Waals surface area contributed by atoms with Crippen LogP contribution in [0.2, 0.25) is 0 Å². The largest absolute Gasteiger partial charge is 0.241 e. The van der Waals surface area contributed by atoms with E-state index >= 15 is 0 Å². The number of hydrogen-bond acceptors (Lipinski definition) is 3. The van der Waals surface area contributed by atoms with Crippen molar-refractivity contribution in [2.24, 2.45) is 0 Å². The van der Waals surface area contributed by atoms with Gasteiger partial charge in [0.25, 0.3) is 0 Å². The van der Waals surface area contributed by atoms with Crippen molar-refractivity contribution in [3.63, 3.8) is 0 Å². The summed E-state index contributed by atoms with van der Waals surface area (Å²) in [7, 11) is 0. The molecule has 14 heavy (non-hydrogen) atoms. The van der Waals surface area contributed by atoms with Crippen molar-refractivity contribution in [1.29, 1.82) is 0 Å². The van der Waals surface area contributed by atoms with Gasteiger partial charge in [-0.1, -0.05) is 13.8 Å². The Balaban J connectivity index is 2.33. The monoisotopic (exact) mass is 223 g/mol. The van der Waals surface area contributed by atoms with Gasteiger partial charge in [0, 0.05) is 10.3 Å².